The molecule has 9 nitrogen and oxygen atoms in total. The lowest BCUT2D eigenvalue weighted by molar-refractivity contribution is -0.200. The molecule has 3 N–H and O–H groups in total. The number of rotatable bonds is 7. The molecule has 1 aromatic heterocycles. The summed E-state index contributed by atoms with van der Waals surface area (Å²) in [6.07, 6.45) is 0.816. The summed E-state index contributed by atoms with van der Waals surface area (Å²) in [4.78, 5) is 26.8. The van der Waals surface area contributed by atoms with E-state index in [0.717, 1.165) is 19.3 Å². The number of fused-ring (bicyclic) bond motifs is 1. The van der Waals surface area contributed by atoms with Crippen molar-refractivity contribution in [2.75, 3.05) is 6.61 Å². The smallest absolute Gasteiger partial charge is 0.330 e. The molecule has 3 rings (SSSR count). The Kier molecular flexibility index (Phi) is 5.87. The number of aromatic nitrogens is 2. The van der Waals surface area contributed by atoms with Gasteiger partial charge in [0.05, 0.1) is 18.3 Å². The number of aliphatic hydroxyl groups excluding tert-OH is 2. The van der Waals surface area contributed by atoms with Crippen molar-refractivity contribution in [2.24, 2.45) is 0 Å². The maximum Gasteiger partial charge on any atom is 0.330 e. The Morgan fingerprint density at radius 1 is 1.26 bits per heavy atom. The number of ether oxygens (including phenoxy) is 3. The second kappa shape index (κ2) is 7.84. The van der Waals surface area contributed by atoms with Crippen molar-refractivity contribution < 1.29 is 24.4 Å². The Labute approximate surface area is 156 Å². The maximum absolute atomic E-state index is 12.4. The van der Waals surface area contributed by atoms with Gasteiger partial charge in [-0.05, 0) is 20.3 Å². The second-order valence-corrected chi connectivity index (χ2v) is 7.58. The van der Waals surface area contributed by atoms with E-state index in [1.807, 2.05) is 0 Å². The first-order chi connectivity index (χ1) is 12.8. The number of unbranched alkanes of at least 4 members (excludes halogenated alkanes) is 2. The van der Waals surface area contributed by atoms with Crippen LogP contribution in [0.15, 0.2) is 15.8 Å². The highest BCUT2D eigenvalue weighted by Gasteiger charge is 2.55. The normalized spacial score (nSPS) is 30.4. The van der Waals surface area contributed by atoms with Crippen LogP contribution in [0.1, 0.15) is 64.3 Å². The molecule has 0 saturated carbocycles. The fourth-order valence-corrected chi connectivity index (χ4v) is 3.70. The van der Waals surface area contributed by atoms with Crippen LogP contribution < -0.4 is 11.2 Å². The van der Waals surface area contributed by atoms with Gasteiger partial charge >= 0.3 is 5.69 Å². The van der Waals surface area contributed by atoms with E-state index in [1.54, 1.807) is 13.8 Å². The summed E-state index contributed by atoms with van der Waals surface area (Å²) in [5.41, 5.74) is -1.17. The lowest BCUT2D eigenvalue weighted by Crippen LogP contribution is -2.39. The molecule has 0 radical (unpaired) electrons. The second-order valence-electron chi connectivity index (χ2n) is 7.58. The van der Waals surface area contributed by atoms with E-state index < -0.39 is 47.7 Å². The van der Waals surface area contributed by atoms with E-state index in [2.05, 4.69) is 11.9 Å². The summed E-state index contributed by atoms with van der Waals surface area (Å²) in [6, 6.07) is 0. The Bertz CT molecular complexity index is 772. The largest absolute Gasteiger partial charge is 0.394 e. The molecule has 3 heterocycles. The van der Waals surface area contributed by atoms with Crippen LogP contribution in [0.2, 0.25) is 0 Å². The van der Waals surface area contributed by atoms with Gasteiger partial charge in [0.2, 0.25) is 0 Å². The molecular weight excluding hydrogens is 356 g/mol. The van der Waals surface area contributed by atoms with Crippen LogP contribution in [0.25, 0.3) is 0 Å². The summed E-state index contributed by atoms with van der Waals surface area (Å²) in [5, 5.41) is 20.0. The maximum atomic E-state index is 12.4. The third-order valence-corrected chi connectivity index (χ3v) is 5.01. The van der Waals surface area contributed by atoms with Gasteiger partial charge in [0.15, 0.2) is 12.0 Å². The SMILES string of the molecule is CCCCCC(O)c1cn([C@@H]2O[C@H](CO)[C@H]3OC(C)(C)O[C@H]32)c(=O)[nH]c1=O. The number of nitrogens with one attached hydrogen (secondary N) is 1. The topological polar surface area (TPSA) is 123 Å². The van der Waals surface area contributed by atoms with Crippen LogP contribution in [0.3, 0.4) is 0 Å². The minimum atomic E-state index is -0.977. The Balaban J connectivity index is 1.91. The molecule has 0 bridgehead atoms. The van der Waals surface area contributed by atoms with Gasteiger partial charge in [0, 0.05) is 6.20 Å². The van der Waals surface area contributed by atoms with Crippen LogP contribution >= 0.6 is 0 Å². The van der Waals surface area contributed by atoms with Gasteiger partial charge < -0.3 is 24.4 Å². The van der Waals surface area contributed by atoms with E-state index >= 15 is 0 Å². The fraction of sp³-hybridized carbons (Fsp3) is 0.778. The van der Waals surface area contributed by atoms with Gasteiger partial charge in [-0.2, -0.15) is 0 Å². The minimum Gasteiger partial charge on any atom is -0.394 e. The lowest BCUT2D eigenvalue weighted by Gasteiger charge is -2.24. The molecule has 27 heavy (non-hydrogen) atoms. The van der Waals surface area contributed by atoms with Crippen molar-refractivity contribution in [3.05, 3.63) is 32.6 Å². The quantitative estimate of drug-likeness (QED) is 0.587. The summed E-state index contributed by atoms with van der Waals surface area (Å²) in [5.74, 6) is -0.876. The molecule has 152 valence electrons. The number of aromatic amines is 1. The number of nitrogens with zero attached hydrogens (tertiary/aromatic N) is 1. The van der Waals surface area contributed by atoms with Gasteiger partial charge in [-0.1, -0.05) is 26.2 Å². The fourth-order valence-electron chi connectivity index (χ4n) is 3.70. The molecular formula is C18H28N2O7. The van der Waals surface area contributed by atoms with Crippen molar-refractivity contribution in [3.63, 3.8) is 0 Å². The van der Waals surface area contributed by atoms with Gasteiger partial charge in [-0.25, -0.2) is 4.79 Å². The van der Waals surface area contributed by atoms with Gasteiger partial charge in [0.1, 0.15) is 18.3 Å². The van der Waals surface area contributed by atoms with Gasteiger partial charge in [0.25, 0.3) is 5.56 Å². The van der Waals surface area contributed by atoms with Crippen LogP contribution in [0.4, 0.5) is 0 Å². The van der Waals surface area contributed by atoms with Crippen molar-refractivity contribution in [1.82, 2.24) is 9.55 Å². The molecule has 0 amide bonds. The third kappa shape index (κ3) is 4.02. The van der Waals surface area contributed by atoms with E-state index in [4.69, 9.17) is 14.2 Å². The first kappa shape index (κ1) is 20.2. The molecule has 1 unspecified atom stereocenters. The molecule has 5 atom stereocenters. The summed E-state index contributed by atoms with van der Waals surface area (Å²) >= 11 is 0. The highest BCUT2D eigenvalue weighted by atomic mass is 16.8. The van der Waals surface area contributed by atoms with Crippen LogP contribution in [-0.4, -0.2) is 50.5 Å². The molecule has 2 saturated heterocycles. The number of aliphatic hydroxyl groups is 2. The van der Waals surface area contributed by atoms with Crippen LogP contribution in [0.5, 0.6) is 0 Å². The average molecular weight is 384 g/mol. The Morgan fingerprint density at radius 2 is 1.96 bits per heavy atom. The van der Waals surface area contributed by atoms with Gasteiger partial charge in [-0.3, -0.25) is 14.3 Å². The minimum absolute atomic E-state index is 0.108. The van der Waals surface area contributed by atoms with E-state index in [-0.39, 0.29) is 12.2 Å². The molecule has 0 aliphatic carbocycles. The number of hydrogen-bond acceptors (Lipinski definition) is 7. The van der Waals surface area contributed by atoms with Crippen LogP contribution in [0, 0.1) is 0 Å². The zero-order chi connectivity index (χ0) is 19.8. The van der Waals surface area contributed by atoms with E-state index in [0.29, 0.717) is 6.42 Å². The molecule has 0 aromatic carbocycles. The zero-order valence-electron chi connectivity index (χ0n) is 15.9. The highest BCUT2D eigenvalue weighted by molar-refractivity contribution is 5.10. The van der Waals surface area contributed by atoms with Gasteiger partial charge in [-0.15, -0.1) is 0 Å². The number of hydrogen-bond donors (Lipinski definition) is 3. The van der Waals surface area contributed by atoms with Crippen molar-refractivity contribution >= 4 is 0 Å². The highest BCUT2D eigenvalue weighted by Crippen LogP contribution is 2.42. The van der Waals surface area contributed by atoms with Crippen LogP contribution in [-0.2, 0) is 14.2 Å². The molecule has 9 heteroatoms. The first-order valence-corrected chi connectivity index (χ1v) is 9.42. The average Bonchev–Trinajstić information content (AvgIpc) is 3.08. The van der Waals surface area contributed by atoms with Crippen molar-refractivity contribution in [1.29, 1.82) is 0 Å². The monoisotopic (exact) mass is 384 g/mol. The summed E-state index contributed by atoms with van der Waals surface area (Å²) in [7, 11) is 0. The summed E-state index contributed by atoms with van der Waals surface area (Å²) < 4.78 is 18.6. The first-order valence-electron chi connectivity index (χ1n) is 9.42. The predicted molar refractivity (Wildman–Crippen MR) is 95.2 cm³/mol. The van der Waals surface area contributed by atoms with E-state index in [1.165, 1.54) is 10.8 Å². The predicted octanol–water partition coefficient (Wildman–Crippen LogP) is 0.560. The zero-order valence-corrected chi connectivity index (χ0v) is 15.9. The van der Waals surface area contributed by atoms with Crippen molar-refractivity contribution in [2.45, 2.75) is 82.9 Å². The number of H-pyrrole nitrogens is 1. The lowest BCUT2D eigenvalue weighted by atomic mass is 10.1. The van der Waals surface area contributed by atoms with E-state index in [9.17, 15) is 19.8 Å². The molecule has 0 spiro atoms. The third-order valence-electron chi connectivity index (χ3n) is 5.01. The Morgan fingerprint density at radius 3 is 2.63 bits per heavy atom. The molecule has 2 aliphatic heterocycles. The summed E-state index contributed by atoms with van der Waals surface area (Å²) in [6.45, 7) is 5.25. The molecule has 2 fully saturated rings. The standard InChI is InChI=1S/C18H28N2O7/c1-4-5-6-7-11(22)10-8-20(17(24)19-15(10)23)16-14-13(12(9-21)25-16)26-18(2,3)27-14/h8,11-14,16,21-22H,4-7,9H2,1-3H3,(H,19,23,24)/t11?,12-,13-,14-,16-/m1/s1. The molecule has 1 aromatic rings. The molecule has 2 aliphatic rings. The Hall–Kier alpha value is -1.52. The van der Waals surface area contributed by atoms with Crippen molar-refractivity contribution in [3.8, 4) is 0 Å².